The molecule has 0 amide bonds. The number of methoxy groups -OCH3 is 19. The SMILES string of the molecule is COCC1O[C@@H](O[C@@H]2C(COC)O[C@@H](O[C@H]3C(OC)C(OC)[C@@H]4OC[C@@H]3O4)[C@@H](OC)C2OC)[C@@H](OC)C(OC)[C@@H]1O[C@@H]1O[C@@H](COC)[C@@H](O[C@H]2O[C@@H](COC)[C@@H](O[C@@H]3OC(COC)[C@@H](O[C@@H]4OC(CO)[C@@H](O)[C@H](OC)C4OC)C(OC)[C@@H]3OC)C(OC)C2OC)C(OC)C1OC. The molecule has 0 radical (unpaired) electrons. The van der Waals surface area contributed by atoms with Crippen LogP contribution in [0.5, 0.6) is 0 Å². The van der Waals surface area contributed by atoms with Crippen molar-refractivity contribution < 1.29 is 167 Å². The number of aliphatic hydroxyl groups is 2. The van der Waals surface area contributed by atoms with E-state index in [1.165, 1.54) is 121 Å². The van der Waals surface area contributed by atoms with Crippen LogP contribution in [0.15, 0.2) is 0 Å². The molecule has 8 rings (SSSR count). The third kappa shape index (κ3) is 17.2. The predicted octanol–water partition coefficient (Wildman–Crippen LogP) is -2.80. The molecule has 562 valence electrons. The van der Waals surface area contributed by atoms with Gasteiger partial charge in [-0.05, 0) is 0 Å². The van der Waals surface area contributed by atoms with Gasteiger partial charge >= 0.3 is 0 Å². The standard InChI is InChI=1S/C61H108O35/c1-64-21-28-35(91-56-48(76-13)41(69-6)34(63)27(20-62)84-56)43(71-8)50(78-15)57(86-28)92-36-29(22-65-2)87-58(51(79-16)44(36)72-9)93-37-30(23-66-3)88-59(52(80-17)45(37)73-10)94-38-31(24-67-4)89-60(53(81-18)46(38)74-11)95-39-32(25-68-5)90-61(54(82-19)47(39)75-12)96-40-33-26-83-55(85-33)49(77-14)42(40)70-7/h27-63H,20-26H2,1-19H3/t27?,28?,29-,30-,31?,32?,33-,34+,35+,36+,37+,38+,39+,40+,41-,42?,43?,44?,45?,46?,47?,48?,49?,50-,51?,52?,53-,54-,55+,56-,57-,58+,59-,60-,61-/m0/s1. The predicted molar refractivity (Wildman–Crippen MR) is 319 cm³/mol. The van der Waals surface area contributed by atoms with Gasteiger partial charge in [0.25, 0.3) is 0 Å². The van der Waals surface area contributed by atoms with E-state index in [1.54, 1.807) is 14.2 Å². The highest BCUT2D eigenvalue weighted by Gasteiger charge is 2.62. The number of aliphatic hydroxyl groups excluding tert-OH is 2. The summed E-state index contributed by atoms with van der Waals surface area (Å²) in [5, 5.41) is 21.1. The highest BCUT2D eigenvalue weighted by atomic mass is 16.8. The zero-order valence-electron chi connectivity index (χ0n) is 58.5. The fourth-order valence-electron chi connectivity index (χ4n) is 14.5. The second-order valence-electron chi connectivity index (χ2n) is 24.0. The smallest absolute Gasteiger partial charge is 0.187 e. The summed E-state index contributed by atoms with van der Waals surface area (Å²) in [6.45, 7) is -0.422. The van der Waals surface area contributed by atoms with Crippen LogP contribution in [-0.2, 0) is 156 Å². The minimum Gasteiger partial charge on any atom is -0.394 e. The first kappa shape index (κ1) is 80.3. The Morgan fingerprint density at radius 2 is 0.469 bits per heavy atom. The van der Waals surface area contributed by atoms with E-state index in [0.29, 0.717) is 0 Å². The number of ether oxygens (including phenoxy) is 33. The Hall–Kier alpha value is -1.40. The van der Waals surface area contributed by atoms with Crippen LogP contribution in [0.4, 0.5) is 0 Å². The molecule has 2 bridgehead atoms. The van der Waals surface area contributed by atoms with Gasteiger partial charge in [-0.15, -0.1) is 0 Å². The molecule has 8 fully saturated rings. The van der Waals surface area contributed by atoms with E-state index in [-0.39, 0.29) is 39.6 Å². The van der Waals surface area contributed by atoms with Crippen molar-refractivity contribution in [1.82, 2.24) is 0 Å². The molecule has 35 heteroatoms. The van der Waals surface area contributed by atoms with Crippen LogP contribution in [0.3, 0.4) is 0 Å². The lowest BCUT2D eigenvalue weighted by molar-refractivity contribution is -0.403. The molecule has 0 aromatic carbocycles. The van der Waals surface area contributed by atoms with Gasteiger partial charge in [0.15, 0.2) is 44.0 Å². The molecule has 0 aliphatic carbocycles. The third-order valence-corrected chi connectivity index (χ3v) is 19.0. The van der Waals surface area contributed by atoms with Crippen LogP contribution < -0.4 is 0 Å². The van der Waals surface area contributed by atoms with Crippen molar-refractivity contribution >= 4 is 0 Å². The van der Waals surface area contributed by atoms with Crippen molar-refractivity contribution in [1.29, 1.82) is 0 Å². The molecule has 8 aliphatic rings. The largest absolute Gasteiger partial charge is 0.394 e. The molecule has 2 N–H and O–H groups in total. The van der Waals surface area contributed by atoms with Gasteiger partial charge < -0.3 is 167 Å². The summed E-state index contributed by atoms with van der Waals surface area (Å²) in [5.74, 6) is 0. The third-order valence-electron chi connectivity index (χ3n) is 19.0. The van der Waals surface area contributed by atoms with Crippen molar-refractivity contribution in [2.75, 3.05) is 181 Å². The Balaban J connectivity index is 0.996. The second-order valence-corrected chi connectivity index (χ2v) is 24.0. The van der Waals surface area contributed by atoms with Gasteiger partial charge in [0.2, 0.25) is 0 Å². The molecule has 0 saturated carbocycles. The summed E-state index contributed by atoms with van der Waals surface area (Å²) in [4.78, 5) is 0. The molecule has 0 aromatic rings. The first-order chi connectivity index (χ1) is 46.6. The number of hydrogen-bond donors (Lipinski definition) is 2. The van der Waals surface area contributed by atoms with Crippen molar-refractivity contribution in [3.8, 4) is 0 Å². The van der Waals surface area contributed by atoms with Crippen LogP contribution in [0.1, 0.15) is 0 Å². The fraction of sp³-hybridized carbons (Fsp3) is 1.00. The lowest BCUT2D eigenvalue weighted by Gasteiger charge is -2.52. The Kier molecular flexibility index (Phi) is 32.6. The van der Waals surface area contributed by atoms with Crippen LogP contribution in [0.2, 0.25) is 0 Å². The van der Waals surface area contributed by atoms with Gasteiger partial charge in [-0.2, -0.15) is 0 Å². The molecular weight excluding hydrogens is 1290 g/mol. The summed E-state index contributed by atoms with van der Waals surface area (Å²) in [7, 11) is 28.5. The van der Waals surface area contributed by atoms with Gasteiger partial charge in [0, 0.05) is 135 Å². The van der Waals surface area contributed by atoms with Crippen LogP contribution in [-0.4, -0.2) is 406 Å². The molecule has 35 nitrogen and oxygen atoms in total. The maximum absolute atomic E-state index is 10.9. The Labute approximate surface area is 561 Å². The summed E-state index contributed by atoms with van der Waals surface area (Å²) < 4.78 is 207. The highest BCUT2D eigenvalue weighted by molar-refractivity contribution is 5.04. The molecule has 96 heavy (non-hydrogen) atoms. The van der Waals surface area contributed by atoms with E-state index in [1.807, 2.05) is 0 Å². The number of rotatable bonds is 37. The molecule has 14 unspecified atom stereocenters. The molecule has 0 spiro atoms. The molecule has 8 heterocycles. The lowest BCUT2D eigenvalue weighted by atomic mass is 9.94. The summed E-state index contributed by atoms with van der Waals surface area (Å²) in [5.41, 5.74) is 0. The first-order valence-electron chi connectivity index (χ1n) is 31.9. The average Bonchev–Trinajstić information content (AvgIpc) is 1.16. The molecular formula is C61H108O35. The monoisotopic (exact) mass is 1400 g/mol. The van der Waals surface area contributed by atoms with E-state index in [2.05, 4.69) is 0 Å². The minimum atomic E-state index is -1.23. The van der Waals surface area contributed by atoms with E-state index in [4.69, 9.17) is 156 Å². The zero-order valence-corrected chi connectivity index (χ0v) is 58.5. The van der Waals surface area contributed by atoms with Crippen molar-refractivity contribution in [3.05, 3.63) is 0 Å². The van der Waals surface area contributed by atoms with E-state index >= 15 is 0 Å². The van der Waals surface area contributed by atoms with Gasteiger partial charge in [-0.25, -0.2) is 0 Å². The maximum Gasteiger partial charge on any atom is 0.187 e. The van der Waals surface area contributed by atoms with Crippen molar-refractivity contribution in [3.63, 3.8) is 0 Å². The van der Waals surface area contributed by atoms with Gasteiger partial charge in [0.05, 0.1) is 46.2 Å². The average molecular weight is 1400 g/mol. The van der Waals surface area contributed by atoms with E-state index < -0.39 is 222 Å². The number of fused-ring (bicyclic) bond motifs is 2. The highest BCUT2D eigenvalue weighted by Crippen LogP contribution is 2.42. The van der Waals surface area contributed by atoms with E-state index in [0.717, 1.165) is 0 Å². The molecule has 8 aliphatic heterocycles. The molecule has 8 saturated heterocycles. The maximum atomic E-state index is 10.9. The van der Waals surface area contributed by atoms with Gasteiger partial charge in [-0.3, -0.25) is 0 Å². The second kappa shape index (κ2) is 38.9. The topological polar surface area (TPSA) is 345 Å². The lowest BCUT2D eigenvalue weighted by Crippen LogP contribution is -2.69. The normalized spacial score (nSPS) is 46.2. The Bertz CT molecular complexity index is 2170. The summed E-state index contributed by atoms with van der Waals surface area (Å²) in [6, 6.07) is 0. The Morgan fingerprint density at radius 1 is 0.250 bits per heavy atom. The summed E-state index contributed by atoms with van der Waals surface area (Å²) >= 11 is 0. The van der Waals surface area contributed by atoms with Gasteiger partial charge in [-0.1, -0.05) is 0 Å². The van der Waals surface area contributed by atoms with E-state index in [9.17, 15) is 10.2 Å². The molecule has 35 atom stereocenters. The van der Waals surface area contributed by atoms with Crippen LogP contribution in [0, 0.1) is 0 Å². The van der Waals surface area contributed by atoms with Crippen LogP contribution >= 0.6 is 0 Å². The summed E-state index contributed by atoms with van der Waals surface area (Å²) in [6.07, 6.45) is -33.3. The Morgan fingerprint density at radius 3 is 0.698 bits per heavy atom. The fourth-order valence-corrected chi connectivity index (χ4v) is 14.5. The van der Waals surface area contributed by atoms with Crippen molar-refractivity contribution in [2.45, 2.75) is 215 Å². The number of hydrogen-bond acceptors (Lipinski definition) is 35. The quantitative estimate of drug-likeness (QED) is 0.0634. The zero-order chi connectivity index (χ0) is 69.5. The van der Waals surface area contributed by atoms with Crippen molar-refractivity contribution in [2.24, 2.45) is 0 Å². The first-order valence-corrected chi connectivity index (χ1v) is 31.9. The minimum absolute atomic E-state index is 0.0266. The van der Waals surface area contributed by atoms with Crippen LogP contribution in [0.25, 0.3) is 0 Å². The van der Waals surface area contributed by atoms with Gasteiger partial charge in [0.1, 0.15) is 171 Å². The molecule has 0 aromatic heterocycles.